The third kappa shape index (κ3) is 20.5. The zero-order valence-electron chi connectivity index (χ0n) is 67.7. The lowest BCUT2D eigenvalue weighted by Gasteiger charge is -2.27. The summed E-state index contributed by atoms with van der Waals surface area (Å²) in [4.78, 5) is 81.8. The molecule has 18 heteroatoms. The number of aryl methyl sites for hydroxylation is 14. The third-order valence-electron chi connectivity index (χ3n) is 18.9. The van der Waals surface area contributed by atoms with Crippen molar-refractivity contribution in [3.8, 4) is 11.5 Å². The van der Waals surface area contributed by atoms with Crippen LogP contribution in [0.5, 0.6) is 11.5 Å². The predicted molar refractivity (Wildman–Crippen MR) is 452 cm³/mol. The van der Waals surface area contributed by atoms with Crippen LogP contribution in [0.1, 0.15) is 174 Å². The minimum absolute atomic E-state index is 0.00306. The van der Waals surface area contributed by atoms with Crippen LogP contribution in [0.4, 0.5) is 0 Å². The summed E-state index contributed by atoms with van der Waals surface area (Å²) in [7, 11) is -12.3. The molecule has 0 fully saturated rings. The van der Waals surface area contributed by atoms with Crippen molar-refractivity contribution < 1.29 is 61.1 Å². The quantitative estimate of drug-likeness (QED) is 0.0615. The van der Waals surface area contributed by atoms with E-state index in [1.807, 2.05) is 193 Å². The predicted octanol–water partition coefficient (Wildman–Crippen LogP) is 22.3. The molecule has 109 heavy (non-hydrogen) atoms. The van der Waals surface area contributed by atoms with Gasteiger partial charge in [-0.2, -0.15) is 0 Å². The molecular weight excluding hydrogens is 1460 g/mol. The molecule has 0 bridgehead atoms. The van der Waals surface area contributed by atoms with Gasteiger partial charge in [-0.15, -0.1) is 0 Å². The Balaban J connectivity index is 0.000000229. The molecule has 0 spiro atoms. The lowest BCUT2D eigenvalue weighted by atomic mass is 9.86. The van der Waals surface area contributed by atoms with Crippen LogP contribution >= 0.6 is 37.6 Å². The Morgan fingerprint density at radius 1 is 0.367 bits per heavy atom. The summed E-state index contributed by atoms with van der Waals surface area (Å²) >= 11 is 0. The molecular formula is C91H103O13P5. The lowest BCUT2D eigenvalue weighted by molar-refractivity contribution is 0.102. The minimum Gasteiger partial charge on any atom is -0.496 e. The minimum atomic E-state index is -4.11. The fourth-order valence-corrected chi connectivity index (χ4v) is 24.3. The van der Waals surface area contributed by atoms with Crippen molar-refractivity contribution in [2.24, 2.45) is 11.3 Å². The molecule has 570 valence electrons. The summed E-state index contributed by atoms with van der Waals surface area (Å²) < 4.78 is 81.2. The van der Waals surface area contributed by atoms with Crippen LogP contribution in [0, 0.1) is 108 Å². The van der Waals surface area contributed by atoms with Gasteiger partial charge >= 0.3 is 0 Å². The van der Waals surface area contributed by atoms with E-state index in [2.05, 4.69) is 20.8 Å². The summed E-state index contributed by atoms with van der Waals surface area (Å²) in [5, 5.41) is 2.04. The zero-order valence-corrected chi connectivity index (χ0v) is 71.1. The van der Waals surface area contributed by atoms with Gasteiger partial charge < -0.3 is 27.7 Å². The van der Waals surface area contributed by atoms with Crippen molar-refractivity contribution in [3.05, 3.63) is 318 Å². The first-order valence-corrected chi connectivity index (χ1v) is 43.7. The fourth-order valence-electron chi connectivity index (χ4n) is 14.5. The normalized spacial score (nSPS) is 12.2. The molecule has 10 aromatic carbocycles. The van der Waals surface area contributed by atoms with Crippen LogP contribution in [0.2, 0.25) is 0 Å². The number of carbonyl (C=O) groups is 6. The van der Waals surface area contributed by atoms with Gasteiger partial charge in [-0.25, -0.2) is 0 Å². The lowest BCUT2D eigenvalue weighted by Crippen LogP contribution is -2.23. The van der Waals surface area contributed by atoms with Gasteiger partial charge in [0.2, 0.25) is 54.6 Å². The first-order valence-electron chi connectivity index (χ1n) is 36.3. The summed E-state index contributed by atoms with van der Waals surface area (Å²) in [5.41, 5.74) is 11.3. The van der Waals surface area contributed by atoms with E-state index >= 15 is 0 Å². The van der Waals surface area contributed by atoms with E-state index in [4.69, 9.17) is 15.3 Å². The second-order valence-corrected chi connectivity index (χ2v) is 40.1. The van der Waals surface area contributed by atoms with E-state index in [1.165, 1.54) is 14.2 Å². The Morgan fingerprint density at radius 2 is 0.633 bits per heavy atom. The molecule has 2 atom stereocenters. The Morgan fingerprint density at radius 3 is 0.917 bits per heavy atom. The number of hydrogen-bond acceptors (Lipinski definition) is 13. The number of benzene rings is 10. The molecule has 0 aromatic heterocycles. The van der Waals surface area contributed by atoms with Gasteiger partial charge in [0.15, 0.2) is 7.14 Å². The Labute approximate surface area is 648 Å². The van der Waals surface area contributed by atoms with E-state index in [-0.39, 0.29) is 45.0 Å². The van der Waals surface area contributed by atoms with E-state index in [0.29, 0.717) is 60.8 Å². The average Bonchev–Trinajstić information content (AvgIpc) is 0.758. The Hall–Kier alpha value is -9.16. The van der Waals surface area contributed by atoms with E-state index in [1.54, 1.807) is 124 Å². The van der Waals surface area contributed by atoms with Crippen LogP contribution in [-0.2, 0) is 22.8 Å². The van der Waals surface area contributed by atoms with E-state index in [0.717, 1.165) is 73.2 Å². The average molecular weight is 1560 g/mol. The maximum atomic E-state index is 14.5. The standard InChI is InChI=1S/C26H35O5P.C26H27O3P.C22H21O2P.C17H19O2P.HOP/c1-17(15-26(4,5)6)16-32(29,24(27)22-18(2)11-9-13-20(22)30-7)25(28)23-19(3)12-10-14-21(23)31-8;1-16-12-18(3)23(19(4)13-16)25(27)30(29,22-10-8-7-9-11-22)26(28)24-20(5)14-17(2)15-21(24)6;1-16-14-17(2)21(18(3)15-16)22(23)25(24,19-10-6-4-7-11-19)20-12-8-5-9-13-20;1-12-10-13(2)16(14(3)11-12)17(18)20(4,19)15-8-6-5-7-9-15;1-2/h9-14,17H,15-16H2,1-8H3;7-15H,1-6H3;4-15H,1-3H3;5-11H,1-4H3;2H/i;;;;2T. The van der Waals surface area contributed by atoms with Crippen molar-refractivity contribution in [1.29, 1.82) is 1.28 Å². The molecule has 0 aliphatic carbocycles. The van der Waals surface area contributed by atoms with Gasteiger partial charge in [-0.3, -0.25) is 33.3 Å². The smallest absolute Gasteiger partial charge is 0.248 e. The van der Waals surface area contributed by atoms with Crippen molar-refractivity contribution in [3.63, 3.8) is 0 Å². The number of hydrogen-bond donors (Lipinski definition) is 0. The van der Waals surface area contributed by atoms with Gasteiger partial charge in [0.1, 0.15) is 21.8 Å². The molecule has 0 saturated carbocycles. The van der Waals surface area contributed by atoms with Crippen LogP contribution in [0.15, 0.2) is 206 Å². The van der Waals surface area contributed by atoms with Gasteiger partial charge in [0.05, 0.1) is 25.3 Å². The molecule has 0 amide bonds. The highest BCUT2D eigenvalue weighted by Gasteiger charge is 2.47. The second-order valence-electron chi connectivity index (χ2n) is 29.5. The maximum Gasteiger partial charge on any atom is 0.248 e. The molecule has 0 radical (unpaired) electrons. The summed E-state index contributed by atoms with van der Waals surface area (Å²) in [6.45, 7) is 36.1. The van der Waals surface area contributed by atoms with Crippen molar-refractivity contribution >= 4 is 92.0 Å². The van der Waals surface area contributed by atoms with Gasteiger partial charge in [-0.05, 0) is 182 Å². The van der Waals surface area contributed by atoms with Crippen molar-refractivity contribution in [2.45, 2.75) is 131 Å². The molecule has 0 aliphatic rings. The van der Waals surface area contributed by atoms with Gasteiger partial charge in [0, 0.05) is 56.3 Å². The molecule has 10 aromatic rings. The molecule has 0 N–H and O–H groups in total. The van der Waals surface area contributed by atoms with Crippen LogP contribution < -0.4 is 30.7 Å². The number of methoxy groups -OCH3 is 2. The third-order valence-corrected chi connectivity index (χ3v) is 29.6. The van der Waals surface area contributed by atoms with E-state index < -0.39 is 59.7 Å². The first-order chi connectivity index (χ1) is 51.6. The van der Waals surface area contributed by atoms with Gasteiger partial charge in [0.25, 0.3) is 0 Å². The first kappa shape index (κ1) is 87.1. The van der Waals surface area contributed by atoms with Crippen LogP contribution in [0.25, 0.3) is 0 Å². The SMILES string of the molecule is COc1cccc(C)c1C(=O)P(=O)(CC(C)CC(C)(C)C)C(=O)c1c(C)cccc1OC.Cc1cc(C)c(C(=O)P(=O)(C(=O)c2c(C)cc(C)cc2C)c2ccccc2)c(C)c1.Cc1cc(C)c(C(=O)P(=O)(c2ccccc2)c2ccccc2)c(C)c1.Cc1cc(C)c(C(=O)P(C)(=O)c2ccccc2)c(C)c1.[3H]P=O. The Bertz CT molecular complexity index is 5000. The number of carbonyl (C=O) groups excluding carboxylic acids is 6. The second kappa shape index (κ2) is 38.0. The van der Waals surface area contributed by atoms with Gasteiger partial charge in [-0.1, -0.05) is 244 Å². The van der Waals surface area contributed by atoms with Crippen molar-refractivity contribution in [2.75, 3.05) is 27.0 Å². The molecule has 13 nitrogen and oxygen atoms in total. The summed E-state index contributed by atoms with van der Waals surface area (Å²) in [6, 6.07) is 61.4. The van der Waals surface area contributed by atoms with Crippen LogP contribution in [-0.4, -0.2) is 61.5 Å². The zero-order chi connectivity index (χ0) is 82.1. The number of ether oxygens (including phenoxy) is 2. The highest BCUT2D eigenvalue weighted by atomic mass is 31.2. The van der Waals surface area contributed by atoms with Crippen LogP contribution in [0.3, 0.4) is 0 Å². The van der Waals surface area contributed by atoms with E-state index in [9.17, 15) is 47.0 Å². The summed E-state index contributed by atoms with van der Waals surface area (Å²) in [5.74, 6) is 0.547. The highest BCUT2D eigenvalue weighted by molar-refractivity contribution is 8.01. The molecule has 0 heterocycles. The van der Waals surface area contributed by atoms with Crippen molar-refractivity contribution in [1.82, 2.24) is 0 Å². The molecule has 10 rings (SSSR count). The Kier molecular flexibility index (Phi) is 30.3. The number of rotatable bonds is 21. The molecule has 2 unspecified atom stereocenters. The topological polar surface area (TPSA) is 206 Å². The molecule has 0 aliphatic heterocycles. The monoisotopic (exact) mass is 1560 g/mol. The summed E-state index contributed by atoms with van der Waals surface area (Å²) in [6.07, 6.45) is 0.726. The largest absolute Gasteiger partial charge is 0.496 e. The highest BCUT2D eigenvalue weighted by Crippen LogP contribution is 2.58. The molecule has 0 saturated heterocycles. The maximum absolute atomic E-state index is 14.5. The fraction of sp³-hybridized carbons (Fsp3) is 0.275.